The first-order chi connectivity index (χ1) is 10.1. The summed E-state index contributed by atoms with van der Waals surface area (Å²) < 4.78 is 24.3. The van der Waals surface area contributed by atoms with Crippen molar-refractivity contribution < 1.29 is 13.9 Å². The molecule has 0 bridgehead atoms. The summed E-state index contributed by atoms with van der Waals surface area (Å²) in [5.74, 6) is 0.457. The molecule has 0 radical (unpaired) electrons. The van der Waals surface area contributed by atoms with Crippen LogP contribution in [0.2, 0.25) is 0 Å². The van der Waals surface area contributed by atoms with Gasteiger partial charge in [-0.2, -0.15) is 0 Å². The number of rotatable bonds is 6. The van der Waals surface area contributed by atoms with E-state index in [4.69, 9.17) is 27.4 Å². The molecule has 110 valence electrons. The summed E-state index contributed by atoms with van der Waals surface area (Å²) in [5, 5.41) is 0. The lowest BCUT2D eigenvalue weighted by molar-refractivity contribution is 0.105. The fourth-order valence-electron chi connectivity index (χ4n) is 1.84. The fraction of sp³-hybridized carbons (Fsp3) is 0.188. The molecule has 0 saturated heterocycles. The van der Waals surface area contributed by atoms with Gasteiger partial charge in [-0.1, -0.05) is 24.4 Å². The van der Waals surface area contributed by atoms with Gasteiger partial charge in [-0.3, -0.25) is 0 Å². The Morgan fingerprint density at radius 1 is 1.14 bits per heavy atom. The van der Waals surface area contributed by atoms with Crippen LogP contribution in [-0.2, 0) is 18.0 Å². The molecular weight excluding hydrogens is 289 g/mol. The Morgan fingerprint density at radius 2 is 1.86 bits per heavy atom. The second-order valence-electron chi connectivity index (χ2n) is 4.51. The zero-order valence-electron chi connectivity index (χ0n) is 11.6. The average Bonchev–Trinajstić information content (AvgIpc) is 2.49. The summed E-state index contributed by atoms with van der Waals surface area (Å²) in [4.78, 5) is 0.242. The molecule has 0 aliphatic rings. The standard InChI is InChI=1S/C16H16FNO2S/c1-19-14-5-2-11(3-6-14)9-20-10-13-8-12(16(18)21)4-7-15(13)17/h2-8H,9-10H2,1H3,(H2,18,21). The maximum absolute atomic E-state index is 13.7. The fourth-order valence-corrected chi connectivity index (χ4v) is 1.97. The molecule has 2 N–H and O–H groups in total. The van der Waals surface area contributed by atoms with Crippen LogP contribution in [0.15, 0.2) is 42.5 Å². The van der Waals surface area contributed by atoms with Crippen molar-refractivity contribution in [1.29, 1.82) is 0 Å². The molecule has 3 nitrogen and oxygen atoms in total. The number of hydrogen-bond donors (Lipinski definition) is 1. The van der Waals surface area contributed by atoms with Crippen LogP contribution in [-0.4, -0.2) is 12.1 Å². The topological polar surface area (TPSA) is 44.5 Å². The normalized spacial score (nSPS) is 10.4. The molecule has 2 aromatic rings. The molecule has 0 atom stereocenters. The average molecular weight is 305 g/mol. The van der Waals surface area contributed by atoms with Gasteiger partial charge in [0.2, 0.25) is 0 Å². The van der Waals surface area contributed by atoms with Gasteiger partial charge < -0.3 is 15.2 Å². The molecule has 0 aliphatic heterocycles. The quantitative estimate of drug-likeness (QED) is 0.833. The number of thiocarbonyl (C=S) groups is 1. The second kappa shape index (κ2) is 7.15. The Labute approximate surface area is 128 Å². The van der Waals surface area contributed by atoms with E-state index in [1.165, 1.54) is 6.07 Å². The van der Waals surface area contributed by atoms with Crippen LogP contribution in [0.4, 0.5) is 4.39 Å². The van der Waals surface area contributed by atoms with E-state index < -0.39 is 0 Å². The van der Waals surface area contributed by atoms with Crippen LogP contribution in [0.5, 0.6) is 5.75 Å². The van der Waals surface area contributed by atoms with Crippen LogP contribution in [0, 0.1) is 5.82 Å². The van der Waals surface area contributed by atoms with E-state index in [-0.39, 0.29) is 17.4 Å². The van der Waals surface area contributed by atoms with Crippen LogP contribution in [0.1, 0.15) is 16.7 Å². The highest BCUT2D eigenvalue weighted by Gasteiger charge is 2.06. The minimum absolute atomic E-state index is 0.161. The molecule has 0 heterocycles. The molecule has 0 aliphatic carbocycles. The Bertz CT molecular complexity index is 629. The van der Waals surface area contributed by atoms with Gasteiger partial charge in [0.15, 0.2) is 0 Å². The van der Waals surface area contributed by atoms with Gasteiger partial charge >= 0.3 is 0 Å². The van der Waals surface area contributed by atoms with E-state index in [2.05, 4.69) is 0 Å². The first kappa shape index (κ1) is 15.4. The summed E-state index contributed by atoms with van der Waals surface area (Å²) in [6.07, 6.45) is 0. The molecule has 2 rings (SSSR count). The molecule has 0 spiro atoms. The minimum atomic E-state index is -0.329. The summed E-state index contributed by atoms with van der Waals surface area (Å²) in [6.45, 7) is 0.551. The smallest absolute Gasteiger partial charge is 0.128 e. The first-order valence-electron chi connectivity index (χ1n) is 6.39. The van der Waals surface area contributed by atoms with Gasteiger partial charge in [0.05, 0.1) is 20.3 Å². The van der Waals surface area contributed by atoms with E-state index >= 15 is 0 Å². The minimum Gasteiger partial charge on any atom is -0.497 e. The predicted molar refractivity (Wildman–Crippen MR) is 83.8 cm³/mol. The number of halogens is 1. The van der Waals surface area contributed by atoms with Crippen LogP contribution in [0.25, 0.3) is 0 Å². The van der Waals surface area contributed by atoms with Crippen molar-refractivity contribution in [2.75, 3.05) is 7.11 Å². The molecule has 0 amide bonds. The summed E-state index contributed by atoms with van der Waals surface area (Å²) in [7, 11) is 1.61. The number of ether oxygens (including phenoxy) is 2. The van der Waals surface area contributed by atoms with Gasteiger partial charge in [0, 0.05) is 11.1 Å². The van der Waals surface area contributed by atoms with E-state index in [0.29, 0.717) is 17.7 Å². The monoisotopic (exact) mass is 305 g/mol. The van der Waals surface area contributed by atoms with E-state index in [0.717, 1.165) is 11.3 Å². The van der Waals surface area contributed by atoms with Gasteiger partial charge in [0.1, 0.15) is 16.6 Å². The maximum Gasteiger partial charge on any atom is 0.128 e. The van der Waals surface area contributed by atoms with Crippen molar-refractivity contribution in [3.8, 4) is 5.75 Å². The third kappa shape index (κ3) is 4.24. The lowest BCUT2D eigenvalue weighted by Gasteiger charge is -2.08. The summed E-state index contributed by atoms with van der Waals surface area (Å²) in [5.41, 5.74) is 7.60. The SMILES string of the molecule is COc1ccc(COCc2cc(C(N)=S)ccc2F)cc1. The molecule has 0 unspecified atom stereocenters. The van der Waals surface area contributed by atoms with Gasteiger partial charge in [-0.25, -0.2) is 4.39 Å². The Hall–Kier alpha value is -1.98. The Balaban J connectivity index is 1.96. The van der Waals surface area contributed by atoms with Crippen LogP contribution >= 0.6 is 12.2 Å². The van der Waals surface area contributed by atoms with Crippen LogP contribution in [0.3, 0.4) is 0 Å². The van der Waals surface area contributed by atoms with Gasteiger partial charge in [-0.15, -0.1) is 0 Å². The Morgan fingerprint density at radius 3 is 2.48 bits per heavy atom. The molecule has 0 aromatic heterocycles. The molecule has 5 heteroatoms. The van der Waals surface area contributed by atoms with Gasteiger partial charge in [-0.05, 0) is 35.9 Å². The first-order valence-corrected chi connectivity index (χ1v) is 6.80. The number of hydrogen-bond acceptors (Lipinski definition) is 3. The highest BCUT2D eigenvalue weighted by atomic mass is 32.1. The number of benzene rings is 2. The molecular formula is C16H16FNO2S. The molecule has 21 heavy (non-hydrogen) atoms. The zero-order chi connectivity index (χ0) is 15.2. The zero-order valence-corrected chi connectivity index (χ0v) is 12.5. The second-order valence-corrected chi connectivity index (χ2v) is 4.95. The summed E-state index contributed by atoms with van der Waals surface area (Å²) in [6, 6.07) is 12.0. The van der Waals surface area contributed by atoms with Crippen molar-refractivity contribution >= 4 is 17.2 Å². The lowest BCUT2D eigenvalue weighted by Crippen LogP contribution is -2.10. The predicted octanol–water partition coefficient (Wildman–Crippen LogP) is 3.19. The van der Waals surface area contributed by atoms with Crippen molar-refractivity contribution in [3.05, 3.63) is 65.0 Å². The third-order valence-electron chi connectivity index (χ3n) is 3.02. The number of nitrogens with two attached hydrogens (primary N) is 1. The molecule has 0 saturated carbocycles. The van der Waals surface area contributed by atoms with E-state index in [1.807, 2.05) is 24.3 Å². The van der Waals surface area contributed by atoms with Crippen molar-refractivity contribution in [1.82, 2.24) is 0 Å². The molecule has 0 fully saturated rings. The van der Waals surface area contributed by atoms with E-state index in [1.54, 1.807) is 19.2 Å². The summed E-state index contributed by atoms with van der Waals surface area (Å²) >= 11 is 4.88. The van der Waals surface area contributed by atoms with E-state index in [9.17, 15) is 4.39 Å². The van der Waals surface area contributed by atoms with Gasteiger partial charge in [0.25, 0.3) is 0 Å². The highest BCUT2D eigenvalue weighted by Crippen LogP contribution is 2.15. The maximum atomic E-state index is 13.7. The molecule has 2 aromatic carbocycles. The highest BCUT2D eigenvalue weighted by molar-refractivity contribution is 7.80. The largest absolute Gasteiger partial charge is 0.497 e. The van der Waals surface area contributed by atoms with Crippen molar-refractivity contribution in [3.63, 3.8) is 0 Å². The lowest BCUT2D eigenvalue weighted by atomic mass is 10.1. The van der Waals surface area contributed by atoms with Crippen molar-refractivity contribution in [2.45, 2.75) is 13.2 Å². The van der Waals surface area contributed by atoms with Crippen LogP contribution < -0.4 is 10.5 Å². The Kier molecular flexibility index (Phi) is 5.25. The number of methoxy groups -OCH3 is 1. The van der Waals surface area contributed by atoms with Crippen molar-refractivity contribution in [2.24, 2.45) is 5.73 Å². The third-order valence-corrected chi connectivity index (χ3v) is 3.25.